The van der Waals surface area contributed by atoms with Crippen LogP contribution < -0.4 is 0 Å². The Bertz CT molecular complexity index is 729. The maximum atomic E-state index is 12.3. The number of benzene rings is 1. The molecule has 0 spiro atoms. The number of nitrogens with zero attached hydrogens (tertiary/aromatic N) is 1. The standard InChI is InChI=1S/C16H13NO4/c1-2-19-16(18)13-14(12-9-6-10-20-12)17-21-15(13)11-7-4-3-5-8-11/h3-10H,2H2,1H3. The molecular weight excluding hydrogens is 270 g/mol. The molecular formula is C16H13NO4. The number of rotatable bonds is 4. The summed E-state index contributed by atoms with van der Waals surface area (Å²) in [7, 11) is 0. The Morgan fingerprint density at radius 2 is 2.00 bits per heavy atom. The summed E-state index contributed by atoms with van der Waals surface area (Å²) in [4.78, 5) is 12.3. The predicted molar refractivity (Wildman–Crippen MR) is 75.6 cm³/mol. The summed E-state index contributed by atoms with van der Waals surface area (Å²) in [5.74, 6) is 0.355. The molecule has 0 atom stereocenters. The van der Waals surface area contributed by atoms with Gasteiger partial charge < -0.3 is 13.7 Å². The summed E-state index contributed by atoms with van der Waals surface area (Å²) >= 11 is 0. The van der Waals surface area contributed by atoms with Crippen LogP contribution in [0.1, 0.15) is 17.3 Å². The van der Waals surface area contributed by atoms with Gasteiger partial charge in [0.1, 0.15) is 5.56 Å². The molecule has 0 saturated carbocycles. The number of hydrogen-bond donors (Lipinski definition) is 0. The van der Waals surface area contributed by atoms with Gasteiger partial charge >= 0.3 is 5.97 Å². The van der Waals surface area contributed by atoms with E-state index in [1.54, 1.807) is 19.1 Å². The third-order valence-corrected chi connectivity index (χ3v) is 2.96. The Hall–Kier alpha value is -2.82. The van der Waals surface area contributed by atoms with E-state index < -0.39 is 5.97 Å². The SMILES string of the molecule is CCOC(=O)c1c(-c2ccco2)noc1-c1ccccc1. The van der Waals surface area contributed by atoms with Crippen molar-refractivity contribution in [3.63, 3.8) is 0 Å². The van der Waals surface area contributed by atoms with E-state index in [9.17, 15) is 4.79 Å². The number of carbonyl (C=O) groups excluding carboxylic acids is 1. The van der Waals surface area contributed by atoms with Crippen molar-refractivity contribution in [3.05, 3.63) is 54.3 Å². The van der Waals surface area contributed by atoms with E-state index in [1.165, 1.54) is 6.26 Å². The third-order valence-electron chi connectivity index (χ3n) is 2.96. The zero-order valence-corrected chi connectivity index (χ0v) is 11.4. The van der Waals surface area contributed by atoms with Crippen molar-refractivity contribution >= 4 is 5.97 Å². The molecule has 21 heavy (non-hydrogen) atoms. The normalized spacial score (nSPS) is 10.5. The van der Waals surface area contributed by atoms with Crippen molar-refractivity contribution in [2.24, 2.45) is 0 Å². The molecule has 0 N–H and O–H groups in total. The maximum absolute atomic E-state index is 12.3. The number of ether oxygens (including phenoxy) is 1. The third kappa shape index (κ3) is 2.45. The van der Waals surface area contributed by atoms with Crippen LogP contribution in [0.5, 0.6) is 0 Å². The van der Waals surface area contributed by atoms with Gasteiger partial charge in [-0.15, -0.1) is 0 Å². The van der Waals surface area contributed by atoms with E-state index in [4.69, 9.17) is 13.7 Å². The molecule has 2 heterocycles. The van der Waals surface area contributed by atoms with Crippen LogP contribution in [0.2, 0.25) is 0 Å². The second-order valence-electron chi connectivity index (χ2n) is 4.30. The van der Waals surface area contributed by atoms with Gasteiger partial charge in [0.2, 0.25) is 0 Å². The minimum Gasteiger partial charge on any atom is -0.463 e. The van der Waals surface area contributed by atoms with E-state index >= 15 is 0 Å². The largest absolute Gasteiger partial charge is 0.463 e. The minimum atomic E-state index is -0.482. The van der Waals surface area contributed by atoms with E-state index in [0.717, 1.165) is 5.56 Å². The summed E-state index contributed by atoms with van der Waals surface area (Å²) in [5, 5.41) is 3.97. The highest BCUT2D eigenvalue weighted by Crippen LogP contribution is 2.32. The number of hydrogen-bond acceptors (Lipinski definition) is 5. The van der Waals surface area contributed by atoms with Crippen molar-refractivity contribution in [2.45, 2.75) is 6.92 Å². The van der Waals surface area contributed by atoms with Crippen molar-refractivity contribution < 1.29 is 18.5 Å². The van der Waals surface area contributed by atoms with Gasteiger partial charge in [0.15, 0.2) is 17.2 Å². The fourth-order valence-corrected chi connectivity index (χ4v) is 2.05. The van der Waals surface area contributed by atoms with Gasteiger partial charge in [-0.2, -0.15) is 0 Å². The van der Waals surface area contributed by atoms with Gasteiger partial charge in [-0.05, 0) is 19.1 Å². The first-order chi connectivity index (χ1) is 10.3. The summed E-state index contributed by atoms with van der Waals surface area (Å²) in [6.07, 6.45) is 1.52. The Kier molecular flexibility index (Phi) is 3.55. The molecule has 0 aliphatic rings. The minimum absolute atomic E-state index is 0.274. The highest BCUT2D eigenvalue weighted by Gasteiger charge is 2.27. The van der Waals surface area contributed by atoms with Crippen molar-refractivity contribution in [2.75, 3.05) is 6.61 Å². The predicted octanol–water partition coefficient (Wildman–Crippen LogP) is 3.78. The molecule has 106 valence electrons. The summed E-state index contributed by atoms with van der Waals surface area (Å²) in [6.45, 7) is 2.02. The van der Waals surface area contributed by atoms with Crippen molar-refractivity contribution in [1.29, 1.82) is 0 Å². The lowest BCUT2D eigenvalue weighted by Crippen LogP contribution is -2.06. The lowest BCUT2D eigenvalue weighted by Gasteiger charge is -2.03. The monoisotopic (exact) mass is 283 g/mol. The Balaban J connectivity index is 2.15. The zero-order valence-electron chi connectivity index (χ0n) is 11.4. The van der Waals surface area contributed by atoms with Gasteiger partial charge in [0.25, 0.3) is 0 Å². The summed E-state index contributed by atoms with van der Waals surface area (Å²) < 4.78 is 15.8. The molecule has 5 heteroatoms. The molecule has 3 aromatic rings. The van der Waals surface area contributed by atoms with Gasteiger partial charge in [-0.25, -0.2) is 4.79 Å². The lowest BCUT2D eigenvalue weighted by atomic mass is 10.1. The molecule has 0 bridgehead atoms. The highest BCUT2D eigenvalue weighted by molar-refractivity contribution is 6.01. The molecule has 0 unspecified atom stereocenters. The zero-order chi connectivity index (χ0) is 14.7. The topological polar surface area (TPSA) is 65.5 Å². The van der Waals surface area contributed by atoms with Crippen LogP contribution in [-0.4, -0.2) is 17.7 Å². The second kappa shape index (κ2) is 5.66. The molecule has 0 radical (unpaired) electrons. The van der Waals surface area contributed by atoms with Crippen LogP contribution in [0, 0.1) is 0 Å². The molecule has 0 fully saturated rings. The van der Waals surface area contributed by atoms with E-state index in [1.807, 2.05) is 30.3 Å². The van der Waals surface area contributed by atoms with Crippen LogP contribution >= 0.6 is 0 Å². The van der Waals surface area contributed by atoms with Gasteiger partial charge in [0.05, 0.1) is 12.9 Å². The highest BCUT2D eigenvalue weighted by atomic mass is 16.5. The Morgan fingerprint density at radius 3 is 2.67 bits per heavy atom. The molecule has 3 rings (SSSR count). The van der Waals surface area contributed by atoms with Crippen LogP contribution in [0.3, 0.4) is 0 Å². The van der Waals surface area contributed by atoms with Gasteiger partial charge in [-0.3, -0.25) is 0 Å². The van der Waals surface area contributed by atoms with Crippen LogP contribution in [0.15, 0.2) is 57.7 Å². The molecule has 1 aromatic carbocycles. The summed E-state index contributed by atoms with van der Waals surface area (Å²) in [5.41, 5.74) is 1.38. The van der Waals surface area contributed by atoms with Gasteiger partial charge in [-0.1, -0.05) is 35.5 Å². The fourth-order valence-electron chi connectivity index (χ4n) is 2.05. The fraction of sp³-hybridized carbons (Fsp3) is 0.125. The van der Waals surface area contributed by atoms with Crippen LogP contribution in [0.25, 0.3) is 22.8 Å². The molecule has 0 amide bonds. The Labute approximate surface area is 121 Å². The van der Waals surface area contributed by atoms with Crippen LogP contribution in [0.4, 0.5) is 0 Å². The van der Waals surface area contributed by atoms with E-state index in [0.29, 0.717) is 17.2 Å². The van der Waals surface area contributed by atoms with Crippen LogP contribution in [-0.2, 0) is 4.74 Å². The number of carbonyl (C=O) groups is 1. The smallest absolute Gasteiger partial charge is 0.344 e. The molecule has 0 aliphatic carbocycles. The van der Waals surface area contributed by atoms with Crippen molar-refractivity contribution in [1.82, 2.24) is 5.16 Å². The average Bonchev–Trinajstić information content (AvgIpc) is 3.17. The summed E-state index contributed by atoms with van der Waals surface area (Å²) in [6, 6.07) is 12.7. The molecule has 2 aromatic heterocycles. The number of furan rings is 1. The lowest BCUT2D eigenvalue weighted by molar-refractivity contribution is 0.0527. The average molecular weight is 283 g/mol. The number of aromatic nitrogens is 1. The number of esters is 1. The van der Waals surface area contributed by atoms with Gasteiger partial charge in [0, 0.05) is 5.56 Å². The first-order valence-corrected chi connectivity index (χ1v) is 6.57. The maximum Gasteiger partial charge on any atom is 0.344 e. The molecule has 5 nitrogen and oxygen atoms in total. The molecule has 0 aliphatic heterocycles. The van der Waals surface area contributed by atoms with E-state index in [2.05, 4.69) is 5.16 Å². The molecule has 0 saturated heterocycles. The van der Waals surface area contributed by atoms with E-state index in [-0.39, 0.29) is 12.2 Å². The first-order valence-electron chi connectivity index (χ1n) is 6.57. The Morgan fingerprint density at radius 1 is 1.19 bits per heavy atom. The first kappa shape index (κ1) is 13.2. The quantitative estimate of drug-likeness (QED) is 0.682. The van der Waals surface area contributed by atoms with Crippen molar-refractivity contribution in [3.8, 4) is 22.8 Å². The second-order valence-corrected chi connectivity index (χ2v) is 4.30.